The Morgan fingerprint density at radius 3 is 2.03 bits per heavy atom. The molecule has 0 atom stereocenters. The molecule has 0 amide bonds. The Morgan fingerprint density at radius 2 is 1.43 bits per heavy atom. The van der Waals surface area contributed by atoms with E-state index in [1.165, 1.54) is 0 Å². The van der Waals surface area contributed by atoms with E-state index in [0.29, 0.717) is 5.75 Å². The van der Waals surface area contributed by atoms with Crippen molar-refractivity contribution in [3.63, 3.8) is 0 Å². The van der Waals surface area contributed by atoms with E-state index >= 15 is 0 Å². The largest absolute Gasteiger partial charge is 0.455 e. The molecular weight excluding hydrogens is 395 g/mol. The first-order chi connectivity index (χ1) is 14.2. The summed E-state index contributed by atoms with van der Waals surface area (Å²) in [5.41, 5.74) is 16.9. The van der Waals surface area contributed by atoms with Crippen LogP contribution in [0.2, 0.25) is 0 Å². The van der Waals surface area contributed by atoms with E-state index in [9.17, 15) is 13.2 Å². The number of hydrogen-bond donors (Lipinski definition) is 3. The Labute approximate surface area is 170 Å². The van der Waals surface area contributed by atoms with Crippen molar-refractivity contribution in [2.45, 2.75) is 6.18 Å². The van der Waals surface area contributed by atoms with Gasteiger partial charge in [-0.05, 0) is 41.5 Å². The lowest BCUT2D eigenvalue weighted by atomic mass is 10.1. The zero-order valence-corrected chi connectivity index (χ0v) is 15.6. The number of guanidine groups is 2. The van der Waals surface area contributed by atoms with E-state index in [2.05, 4.69) is 9.98 Å². The second-order valence-electron chi connectivity index (χ2n) is 6.18. The molecule has 9 heteroatoms. The van der Waals surface area contributed by atoms with Gasteiger partial charge in [-0.15, -0.1) is 0 Å². The van der Waals surface area contributed by atoms with E-state index in [0.717, 1.165) is 29.3 Å². The molecule has 0 spiro atoms. The second kappa shape index (κ2) is 8.56. The molecule has 0 heterocycles. The van der Waals surface area contributed by atoms with Crippen molar-refractivity contribution in [3.05, 3.63) is 78.4 Å². The molecule has 0 aliphatic rings. The Balaban J connectivity index is 1.94. The maximum atomic E-state index is 13.1. The number of halogens is 3. The standard InChI is InChI=1S/C21H18F3N5O/c22-21(23,24)15-8-11-18(17(12-15)28-20(27)29-19(25)26)30-16-9-6-14(7-10-16)13-4-2-1-3-5-13/h1-12H,(H6,25,26,27,28,29). The number of ether oxygens (including phenoxy) is 1. The molecule has 0 unspecified atom stereocenters. The molecule has 6 N–H and O–H groups in total. The monoisotopic (exact) mass is 413 g/mol. The fourth-order valence-corrected chi connectivity index (χ4v) is 2.62. The average Bonchev–Trinajstić information content (AvgIpc) is 2.69. The van der Waals surface area contributed by atoms with Gasteiger partial charge in [0.15, 0.2) is 11.7 Å². The van der Waals surface area contributed by atoms with E-state index in [-0.39, 0.29) is 17.4 Å². The van der Waals surface area contributed by atoms with Crippen molar-refractivity contribution >= 4 is 17.6 Å². The quantitative estimate of drug-likeness (QED) is 0.435. The van der Waals surface area contributed by atoms with E-state index in [4.69, 9.17) is 21.9 Å². The first kappa shape index (κ1) is 20.7. The zero-order chi connectivity index (χ0) is 21.7. The van der Waals surface area contributed by atoms with Gasteiger partial charge in [0.25, 0.3) is 0 Å². The number of nitrogens with two attached hydrogens (primary N) is 3. The predicted molar refractivity (Wildman–Crippen MR) is 110 cm³/mol. The highest BCUT2D eigenvalue weighted by atomic mass is 19.4. The summed E-state index contributed by atoms with van der Waals surface area (Å²) in [4.78, 5) is 7.38. The molecule has 3 aromatic rings. The lowest BCUT2D eigenvalue weighted by molar-refractivity contribution is -0.137. The van der Waals surface area contributed by atoms with Gasteiger partial charge in [-0.2, -0.15) is 18.2 Å². The van der Waals surface area contributed by atoms with E-state index in [1.54, 1.807) is 12.1 Å². The van der Waals surface area contributed by atoms with Gasteiger partial charge in [0.2, 0.25) is 5.96 Å². The molecule has 0 saturated carbocycles. The molecule has 3 rings (SSSR count). The van der Waals surface area contributed by atoms with Crippen molar-refractivity contribution in [3.8, 4) is 22.6 Å². The smallest absolute Gasteiger partial charge is 0.416 e. The highest BCUT2D eigenvalue weighted by Gasteiger charge is 2.31. The van der Waals surface area contributed by atoms with Crippen LogP contribution in [0.4, 0.5) is 18.9 Å². The molecule has 3 aromatic carbocycles. The van der Waals surface area contributed by atoms with Crippen molar-refractivity contribution in [1.29, 1.82) is 0 Å². The van der Waals surface area contributed by atoms with E-state index < -0.39 is 17.7 Å². The molecule has 0 saturated heterocycles. The van der Waals surface area contributed by atoms with Crippen LogP contribution in [0.1, 0.15) is 5.56 Å². The number of aliphatic imine (C=N–C) groups is 2. The number of benzene rings is 3. The minimum Gasteiger partial charge on any atom is -0.455 e. The molecule has 0 aromatic heterocycles. The Bertz CT molecular complexity index is 1070. The van der Waals surface area contributed by atoms with Crippen molar-refractivity contribution in [2.75, 3.05) is 0 Å². The van der Waals surface area contributed by atoms with Gasteiger partial charge in [-0.1, -0.05) is 42.5 Å². The fraction of sp³-hybridized carbons (Fsp3) is 0.0476. The lowest BCUT2D eigenvalue weighted by Crippen LogP contribution is -2.26. The third-order valence-electron chi connectivity index (χ3n) is 3.95. The lowest BCUT2D eigenvalue weighted by Gasteiger charge is -2.13. The van der Waals surface area contributed by atoms with Crippen LogP contribution < -0.4 is 21.9 Å². The van der Waals surface area contributed by atoms with Crippen LogP contribution in [0, 0.1) is 0 Å². The van der Waals surface area contributed by atoms with Crippen molar-refractivity contribution < 1.29 is 17.9 Å². The van der Waals surface area contributed by atoms with Gasteiger partial charge in [-0.3, -0.25) is 0 Å². The van der Waals surface area contributed by atoms with Gasteiger partial charge in [-0.25, -0.2) is 4.99 Å². The molecule has 0 fully saturated rings. The summed E-state index contributed by atoms with van der Waals surface area (Å²) < 4.78 is 45.0. The van der Waals surface area contributed by atoms with Gasteiger partial charge < -0.3 is 21.9 Å². The third kappa shape index (κ3) is 5.28. The molecule has 30 heavy (non-hydrogen) atoms. The van der Waals surface area contributed by atoms with Crippen molar-refractivity contribution in [2.24, 2.45) is 27.2 Å². The van der Waals surface area contributed by atoms with Crippen LogP contribution in [0.25, 0.3) is 11.1 Å². The first-order valence-electron chi connectivity index (χ1n) is 8.71. The van der Waals surface area contributed by atoms with Crippen LogP contribution >= 0.6 is 0 Å². The normalized spacial score (nSPS) is 11.8. The highest BCUT2D eigenvalue weighted by Crippen LogP contribution is 2.38. The number of rotatable bonds is 4. The molecule has 0 bridgehead atoms. The van der Waals surface area contributed by atoms with Crippen molar-refractivity contribution in [1.82, 2.24) is 0 Å². The topological polar surface area (TPSA) is 112 Å². The summed E-state index contributed by atoms with van der Waals surface area (Å²) >= 11 is 0. The van der Waals surface area contributed by atoms with Crippen LogP contribution in [0.5, 0.6) is 11.5 Å². The Hall–Kier alpha value is -4.01. The maximum Gasteiger partial charge on any atom is 0.416 e. The summed E-state index contributed by atoms with van der Waals surface area (Å²) in [6, 6.07) is 19.6. The molecule has 6 nitrogen and oxygen atoms in total. The maximum absolute atomic E-state index is 13.1. The van der Waals surface area contributed by atoms with Gasteiger partial charge in [0.1, 0.15) is 11.4 Å². The predicted octanol–water partition coefficient (Wildman–Crippen LogP) is 4.38. The van der Waals surface area contributed by atoms with Crippen LogP contribution in [0.3, 0.4) is 0 Å². The number of hydrogen-bond acceptors (Lipinski definition) is 2. The van der Waals surface area contributed by atoms with Crippen LogP contribution in [-0.4, -0.2) is 11.9 Å². The zero-order valence-electron chi connectivity index (χ0n) is 15.6. The van der Waals surface area contributed by atoms with Gasteiger partial charge in [0, 0.05) is 0 Å². The number of nitrogens with zero attached hydrogens (tertiary/aromatic N) is 2. The van der Waals surface area contributed by atoms with Gasteiger partial charge >= 0.3 is 6.18 Å². The fourth-order valence-electron chi connectivity index (χ4n) is 2.62. The average molecular weight is 413 g/mol. The van der Waals surface area contributed by atoms with Gasteiger partial charge in [0.05, 0.1) is 5.56 Å². The minimum absolute atomic E-state index is 0.0594. The second-order valence-corrected chi connectivity index (χ2v) is 6.18. The summed E-state index contributed by atoms with van der Waals surface area (Å²) in [5.74, 6) is -0.309. The van der Waals surface area contributed by atoms with Crippen LogP contribution in [-0.2, 0) is 6.18 Å². The SMILES string of the molecule is NC(N)=NC(N)=Nc1cc(C(F)(F)F)ccc1Oc1ccc(-c2ccccc2)cc1. The summed E-state index contributed by atoms with van der Waals surface area (Å²) in [5, 5.41) is 0. The Morgan fingerprint density at radius 1 is 0.800 bits per heavy atom. The molecular formula is C21H18F3N5O. The summed E-state index contributed by atoms with van der Waals surface area (Å²) in [7, 11) is 0. The number of alkyl halides is 3. The summed E-state index contributed by atoms with van der Waals surface area (Å²) in [6.45, 7) is 0. The third-order valence-corrected chi connectivity index (χ3v) is 3.95. The molecule has 154 valence electrons. The Kier molecular flexibility index (Phi) is 5.91. The highest BCUT2D eigenvalue weighted by molar-refractivity contribution is 5.94. The first-order valence-corrected chi connectivity index (χ1v) is 8.71. The molecule has 0 aliphatic carbocycles. The minimum atomic E-state index is -4.56. The molecule has 0 radical (unpaired) electrons. The molecule has 0 aliphatic heterocycles. The summed E-state index contributed by atoms with van der Waals surface area (Å²) in [6.07, 6.45) is -4.56. The van der Waals surface area contributed by atoms with E-state index in [1.807, 2.05) is 42.5 Å². The van der Waals surface area contributed by atoms with Crippen LogP contribution in [0.15, 0.2) is 82.8 Å².